The van der Waals surface area contributed by atoms with Crippen molar-refractivity contribution in [1.82, 2.24) is 16.0 Å². The summed E-state index contributed by atoms with van der Waals surface area (Å²) in [7, 11) is 0. The Morgan fingerprint density at radius 3 is 1.69 bits per heavy atom. The first-order chi connectivity index (χ1) is 14.7. The molecular weight excluding hydrogens is 424 g/mol. The molecule has 0 rings (SSSR count). The fourth-order valence-corrected chi connectivity index (χ4v) is 2.61. The number of nitrogens with two attached hydrogens (primary N) is 3. The molecule has 0 aliphatic heterocycles. The molecule has 0 fully saturated rings. The molecule has 0 saturated heterocycles. The second-order valence-electron chi connectivity index (χ2n) is 7.94. The minimum absolute atomic E-state index is 0.0351. The number of carboxylic acids is 1. The molecular formula is C19H34N6O7. The predicted molar refractivity (Wildman–Crippen MR) is 113 cm³/mol. The fraction of sp³-hybridized carbons (Fsp3) is 0.684. The monoisotopic (exact) mass is 458 g/mol. The maximum atomic E-state index is 12.8. The number of carbonyl (C=O) groups excluding carboxylic acids is 5. The van der Waals surface area contributed by atoms with Gasteiger partial charge in [-0.05, 0) is 32.1 Å². The first-order valence-electron chi connectivity index (χ1n) is 10.2. The predicted octanol–water partition coefficient (Wildman–Crippen LogP) is -2.55. The Labute approximate surface area is 186 Å². The van der Waals surface area contributed by atoms with E-state index in [-0.39, 0.29) is 38.0 Å². The molecule has 182 valence electrons. The minimum atomic E-state index is -1.25. The summed E-state index contributed by atoms with van der Waals surface area (Å²) in [6.45, 7) is 4.88. The Morgan fingerprint density at radius 1 is 0.750 bits per heavy atom. The largest absolute Gasteiger partial charge is 0.480 e. The molecule has 13 nitrogen and oxygen atoms in total. The number of rotatable bonds is 15. The Balaban J connectivity index is 5.39. The van der Waals surface area contributed by atoms with Gasteiger partial charge in [-0.15, -0.1) is 0 Å². The zero-order valence-corrected chi connectivity index (χ0v) is 18.6. The summed E-state index contributed by atoms with van der Waals surface area (Å²) >= 11 is 0. The third kappa shape index (κ3) is 11.8. The Hall–Kier alpha value is -3.22. The van der Waals surface area contributed by atoms with E-state index in [1.54, 1.807) is 13.8 Å². The van der Waals surface area contributed by atoms with E-state index in [1.165, 1.54) is 6.92 Å². The van der Waals surface area contributed by atoms with Crippen molar-refractivity contribution in [3.05, 3.63) is 0 Å². The van der Waals surface area contributed by atoms with E-state index in [0.29, 0.717) is 0 Å². The van der Waals surface area contributed by atoms with Crippen LogP contribution in [0.4, 0.5) is 0 Å². The van der Waals surface area contributed by atoms with Crippen LogP contribution >= 0.6 is 0 Å². The van der Waals surface area contributed by atoms with Crippen molar-refractivity contribution in [2.75, 3.05) is 0 Å². The van der Waals surface area contributed by atoms with Gasteiger partial charge in [0, 0.05) is 12.8 Å². The number of aliphatic carboxylic acids is 1. The highest BCUT2D eigenvalue weighted by Gasteiger charge is 2.30. The maximum absolute atomic E-state index is 12.8. The molecule has 0 spiro atoms. The molecule has 4 unspecified atom stereocenters. The van der Waals surface area contributed by atoms with Crippen LogP contribution in [0.2, 0.25) is 0 Å². The minimum Gasteiger partial charge on any atom is -0.480 e. The maximum Gasteiger partial charge on any atom is 0.325 e. The van der Waals surface area contributed by atoms with Gasteiger partial charge in [0.2, 0.25) is 29.5 Å². The lowest BCUT2D eigenvalue weighted by atomic mass is 10.0. The smallest absolute Gasteiger partial charge is 0.325 e. The summed E-state index contributed by atoms with van der Waals surface area (Å²) < 4.78 is 0. The zero-order chi connectivity index (χ0) is 25.0. The van der Waals surface area contributed by atoms with Gasteiger partial charge in [-0.2, -0.15) is 0 Å². The quantitative estimate of drug-likeness (QED) is 0.137. The van der Waals surface area contributed by atoms with E-state index in [0.717, 1.165) is 0 Å². The average Bonchev–Trinajstić information content (AvgIpc) is 2.67. The van der Waals surface area contributed by atoms with E-state index in [9.17, 15) is 28.8 Å². The van der Waals surface area contributed by atoms with Crippen LogP contribution < -0.4 is 33.2 Å². The number of carbonyl (C=O) groups is 6. The van der Waals surface area contributed by atoms with Crippen molar-refractivity contribution in [1.29, 1.82) is 0 Å². The van der Waals surface area contributed by atoms with Gasteiger partial charge in [0.1, 0.15) is 18.1 Å². The standard InChI is InChI=1S/C19H34N6O7/c1-9(2)8-13(18(30)23-10(3)19(31)32)25-17(29)12(5-7-15(22)27)24-16(28)11(20)4-6-14(21)26/h9-13H,4-8,20H2,1-3H3,(H2,21,26)(H2,22,27)(H,23,30)(H,24,28)(H,25,29)(H,31,32). The number of nitrogens with one attached hydrogen (secondary N) is 3. The molecule has 0 aliphatic carbocycles. The summed E-state index contributed by atoms with van der Waals surface area (Å²) in [6, 6.07) is -4.63. The van der Waals surface area contributed by atoms with E-state index in [4.69, 9.17) is 22.3 Å². The van der Waals surface area contributed by atoms with E-state index in [1.807, 2.05) is 0 Å². The molecule has 13 heteroatoms. The van der Waals surface area contributed by atoms with Gasteiger partial charge in [-0.1, -0.05) is 13.8 Å². The average molecular weight is 459 g/mol. The van der Waals surface area contributed by atoms with Gasteiger partial charge in [0.15, 0.2) is 0 Å². The molecule has 0 bridgehead atoms. The normalized spacial score (nSPS) is 14.5. The Morgan fingerprint density at radius 2 is 1.22 bits per heavy atom. The summed E-state index contributed by atoms with van der Waals surface area (Å²) in [4.78, 5) is 70.6. The van der Waals surface area contributed by atoms with Gasteiger partial charge < -0.3 is 38.3 Å². The molecule has 0 aromatic carbocycles. The lowest BCUT2D eigenvalue weighted by Crippen LogP contribution is -2.57. The molecule has 0 aliphatic rings. The van der Waals surface area contributed by atoms with Gasteiger partial charge >= 0.3 is 5.97 Å². The molecule has 5 amide bonds. The Kier molecular flexibility index (Phi) is 12.6. The van der Waals surface area contributed by atoms with Gasteiger partial charge in [-0.25, -0.2) is 0 Å². The van der Waals surface area contributed by atoms with Crippen molar-refractivity contribution < 1.29 is 33.9 Å². The number of hydrogen-bond acceptors (Lipinski definition) is 7. The van der Waals surface area contributed by atoms with Crippen molar-refractivity contribution >= 4 is 35.5 Å². The lowest BCUT2D eigenvalue weighted by Gasteiger charge is -2.25. The number of amides is 5. The number of hydrogen-bond donors (Lipinski definition) is 7. The van der Waals surface area contributed by atoms with Crippen LogP contribution in [0.3, 0.4) is 0 Å². The summed E-state index contributed by atoms with van der Waals surface area (Å²) in [6.07, 6.45) is -0.372. The third-order valence-electron chi connectivity index (χ3n) is 4.42. The van der Waals surface area contributed by atoms with E-state index in [2.05, 4.69) is 16.0 Å². The molecule has 0 heterocycles. The first kappa shape index (κ1) is 28.8. The highest BCUT2D eigenvalue weighted by Crippen LogP contribution is 2.08. The molecule has 32 heavy (non-hydrogen) atoms. The molecule has 4 atom stereocenters. The summed E-state index contributed by atoms with van der Waals surface area (Å²) in [5.41, 5.74) is 15.9. The van der Waals surface area contributed by atoms with Crippen LogP contribution in [-0.4, -0.2) is 64.8 Å². The first-order valence-corrected chi connectivity index (χ1v) is 10.2. The van der Waals surface area contributed by atoms with Crippen molar-refractivity contribution in [3.8, 4) is 0 Å². The van der Waals surface area contributed by atoms with E-state index < -0.39 is 59.7 Å². The lowest BCUT2D eigenvalue weighted by molar-refractivity contribution is -0.142. The van der Waals surface area contributed by atoms with Gasteiger partial charge in [0.05, 0.1) is 6.04 Å². The Bertz CT molecular complexity index is 712. The molecule has 0 aromatic rings. The summed E-state index contributed by atoms with van der Waals surface area (Å²) in [5.74, 6) is -4.86. The van der Waals surface area contributed by atoms with Crippen molar-refractivity contribution in [3.63, 3.8) is 0 Å². The second-order valence-corrected chi connectivity index (χ2v) is 7.94. The molecule has 0 radical (unpaired) electrons. The molecule has 0 aromatic heterocycles. The molecule has 0 saturated carbocycles. The second kappa shape index (κ2) is 14.0. The van der Waals surface area contributed by atoms with Crippen molar-refractivity contribution in [2.24, 2.45) is 23.1 Å². The van der Waals surface area contributed by atoms with Crippen molar-refractivity contribution in [2.45, 2.75) is 77.0 Å². The van der Waals surface area contributed by atoms with Crippen LogP contribution in [0.15, 0.2) is 0 Å². The van der Waals surface area contributed by atoms with Crippen LogP contribution in [-0.2, 0) is 28.8 Å². The molecule has 10 N–H and O–H groups in total. The SMILES string of the molecule is CC(C)CC(NC(=O)C(CCC(N)=O)NC(=O)C(N)CCC(N)=O)C(=O)NC(C)C(=O)O. The van der Waals surface area contributed by atoms with Gasteiger partial charge in [0.25, 0.3) is 0 Å². The third-order valence-corrected chi connectivity index (χ3v) is 4.42. The topological polar surface area (TPSA) is 237 Å². The highest BCUT2D eigenvalue weighted by atomic mass is 16.4. The van der Waals surface area contributed by atoms with Crippen LogP contribution in [0.1, 0.15) is 52.9 Å². The van der Waals surface area contributed by atoms with Crippen LogP contribution in [0.25, 0.3) is 0 Å². The van der Waals surface area contributed by atoms with Gasteiger partial charge in [-0.3, -0.25) is 28.8 Å². The number of primary amides is 2. The number of carboxylic acid groups (broad SMARTS) is 1. The highest BCUT2D eigenvalue weighted by molar-refractivity contribution is 5.94. The zero-order valence-electron chi connectivity index (χ0n) is 18.6. The van der Waals surface area contributed by atoms with Crippen LogP contribution in [0, 0.1) is 5.92 Å². The van der Waals surface area contributed by atoms with E-state index >= 15 is 0 Å². The van der Waals surface area contributed by atoms with Crippen LogP contribution in [0.5, 0.6) is 0 Å². The summed E-state index contributed by atoms with van der Waals surface area (Å²) in [5, 5.41) is 16.1. The fourth-order valence-electron chi connectivity index (χ4n) is 2.61.